The second-order valence-corrected chi connectivity index (χ2v) is 4.58. The Kier molecular flexibility index (Phi) is 6.66. The highest BCUT2D eigenvalue weighted by atomic mass is 35.5. The van der Waals surface area contributed by atoms with E-state index in [9.17, 15) is 4.79 Å². The van der Waals surface area contributed by atoms with E-state index in [0.29, 0.717) is 17.3 Å². The van der Waals surface area contributed by atoms with Crippen LogP contribution in [-0.2, 0) is 11.3 Å². The van der Waals surface area contributed by atoms with Crippen molar-refractivity contribution in [3.8, 4) is 11.6 Å². The van der Waals surface area contributed by atoms with E-state index in [4.69, 9.17) is 15.2 Å². The van der Waals surface area contributed by atoms with Crippen molar-refractivity contribution in [2.24, 2.45) is 0 Å². The number of carbonyl (C=O) groups is 1. The van der Waals surface area contributed by atoms with Crippen molar-refractivity contribution in [2.45, 2.75) is 26.5 Å². The fourth-order valence-electron chi connectivity index (χ4n) is 1.80. The molecule has 2 aromatic rings. The van der Waals surface area contributed by atoms with Gasteiger partial charge >= 0.3 is 11.8 Å². The van der Waals surface area contributed by atoms with Gasteiger partial charge in [0, 0.05) is 11.8 Å². The van der Waals surface area contributed by atoms with Gasteiger partial charge in [-0.05, 0) is 44.2 Å². The molecule has 1 atom stereocenters. The van der Waals surface area contributed by atoms with E-state index in [1.54, 1.807) is 37.3 Å². The predicted molar refractivity (Wildman–Crippen MR) is 78.9 cm³/mol. The number of pyridine rings is 1. The van der Waals surface area contributed by atoms with Crippen LogP contribution in [0.3, 0.4) is 0 Å². The minimum absolute atomic E-state index is 0. The maximum Gasteiger partial charge on any atom is 0.375 e. The van der Waals surface area contributed by atoms with Gasteiger partial charge in [-0.15, -0.1) is 0 Å². The minimum Gasteiger partial charge on any atom is -1.00 e. The highest BCUT2D eigenvalue weighted by molar-refractivity contribution is 5.76. The number of ether oxygens (including phenoxy) is 2. The van der Waals surface area contributed by atoms with E-state index in [2.05, 4.69) is 0 Å². The van der Waals surface area contributed by atoms with Gasteiger partial charge in [0.25, 0.3) is 0 Å². The van der Waals surface area contributed by atoms with Crippen LogP contribution in [0.4, 0.5) is 5.69 Å². The minimum atomic E-state index is -0.709. The van der Waals surface area contributed by atoms with Crippen molar-refractivity contribution in [1.29, 1.82) is 0 Å². The zero-order valence-electron chi connectivity index (χ0n) is 12.5. The van der Waals surface area contributed by atoms with E-state index >= 15 is 0 Å². The number of nitrogens with two attached hydrogens (primary N) is 1. The maximum atomic E-state index is 12.1. The topological polar surface area (TPSA) is 65.4 Å². The van der Waals surface area contributed by atoms with Gasteiger partial charge in [-0.1, -0.05) is 0 Å². The van der Waals surface area contributed by atoms with Crippen molar-refractivity contribution in [3.63, 3.8) is 0 Å². The SMILES string of the molecule is CC[n+]1ccccc1OC(=O)C(C)Oc1ccc(N)cc1.[Cl-]. The van der Waals surface area contributed by atoms with E-state index in [1.807, 2.05) is 29.8 Å². The number of anilines is 1. The molecule has 6 heteroatoms. The lowest BCUT2D eigenvalue weighted by Gasteiger charge is -2.13. The van der Waals surface area contributed by atoms with Crippen molar-refractivity contribution < 1.29 is 31.2 Å². The zero-order chi connectivity index (χ0) is 15.2. The van der Waals surface area contributed by atoms with Crippen LogP contribution in [0.5, 0.6) is 11.6 Å². The number of halogens is 1. The summed E-state index contributed by atoms with van der Waals surface area (Å²) >= 11 is 0. The molecule has 0 fully saturated rings. The molecule has 1 heterocycles. The van der Waals surface area contributed by atoms with Gasteiger partial charge in [0.1, 0.15) is 12.3 Å². The summed E-state index contributed by atoms with van der Waals surface area (Å²) in [6, 6.07) is 12.3. The number of hydrogen-bond acceptors (Lipinski definition) is 4. The molecule has 1 unspecified atom stereocenters. The Morgan fingerprint density at radius 3 is 2.55 bits per heavy atom. The maximum absolute atomic E-state index is 12.1. The standard InChI is InChI=1S/C16H19N2O3.ClH/c1-3-18-11-5-4-6-15(18)21-16(19)12(2)20-14-9-7-13(17)8-10-14;/h4-12H,3,17H2,1-2H3;1H/q+1;/p-1. The van der Waals surface area contributed by atoms with Gasteiger partial charge < -0.3 is 27.6 Å². The molecule has 0 radical (unpaired) electrons. The molecule has 0 saturated heterocycles. The lowest BCUT2D eigenvalue weighted by atomic mass is 10.3. The summed E-state index contributed by atoms with van der Waals surface area (Å²) in [6.45, 7) is 4.35. The molecular weight excluding hydrogens is 304 g/mol. The Labute approximate surface area is 136 Å². The van der Waals surface area contributed by atoms with Crippen molar-refractivity contribution in [3.05, 3.63) is 48.7 Å². The smallest absolute Gasteiger partial charge is 0.375 e. The van der Waals surface area contributed by atoms with Crippen LogP contribution in [0.2, 0.25) is 0 Å². The fourth-order valence-corrected chi connectivity index (χ4v) is 1.80. The highest BCUT2D eigenvalue weighted by Gasteiger charge is 2.21. The van der Waals surface area contributed by atoms with Crippen LogP contribution in [0.1, 0.15) is 13.8 Å². The van der Waals surface area contributed by atoms with E-state index in [1.165, 1.54) is 0 Å². The van der Waals surface area contributed by atoms with Crippen LogP contribution >= 0.6 is 0 Å². The predicted octanol–water partition coefficient (Wildman–Crippen LogP) is -1.05. The Bertz CT molecular complexity index is 617. The lowest BCUT2D eigenvalue weighted by molar-refractivity contribution is -0.697. The van der Waals surface area contributed by atoms with E-state index in [0.717, 1.165) is 6.54 Å². The Hall–Kier alpha value is -2.27. The molecule has 0 saturated carbocycles. The van der Waals surface area contributed by atoms with Crippen LogP contribution in [0, 0.1) is 0 Å². The number of nitrogens with zero attached hydrogens (tertiary/aromatic N) is 1. The number of carbonyl (C=O) groups excluding carboxylic acids is 1. The molecule has 0 spiro atoms. The van der Waals surface area contributed by atoms with Gasteiger partial charge in [0.15, 0.2) is 12.3 Å². The number of benzene rings is 1. The van der Waals surface area contributed by atoms with Gasteiger partial charge in [-0.25, -0.2) is 4.79 Å². The molecule has 0 bridgehead atoms. The Morgan fingerprint density at radius 2 is 1.91 bits per heavy atom. The molecule has 118 valence electrons. The van der Waals surface area contributed by atoms with Crippen molar-refractivity contribution in [1.82, 2.24) is 0 Å². The van der Waals surface area contributed by atoms with Gasteiger partial charge in [0.05, 0.1) is 6.07 Å². The molecule has 0 aliphatic rings. The van der Waals surface area contributed by atoms with E-state index in [-0.39, 0.29) is 12.4 Å². The van der Waals surface area contributed by atoms with Crippen LogP contribution < -0.4 is 32.2 Å². The third kappa shape index (κ3) is 4.63. The molecule has 0 aliphatic heterocycles. The summed E-state index contributed by atoms with van der Waals surface area (Å²) < 4.78 is 12.7. The summed E-state index contributed by atoms with van der Waals surface area (Å²) in [4.78, 5) is 12.1. The molecule has 22 heavy (non-hydrogen) atoms. The number of aromatic nitrogens is 1. The summed E-state index contributed by atoms with van der Waals surface area (Å²) in [7, 11) is 0. The Morgan fingerprint density at radius 1 is 1.23 bits per heavy atom. The van der Waals surface area contributed by atoms with Gasteiger partial charge in [-0.3, -0.25) is 0 Å². The number of hydrogen-bond donors (Lipinski definition) is 1. The number of esters is 1. The first-order valence-corrected chi connectivity index (χ1v) is 6.82. The third-order valence-electron chi connectivity index (χ3n) is 2.97. The summed E-state index contributed by atoms with van der Waals surface area (Å²) in [5.74, 6) is 0.628. The quantitative estimate of drug-likeness (QED) is 0.433. The monoisotopic (exact) mass is 322 g/mol. The number of nitrogen functional groups attached to an aromatic ring is 1. The summed E-state index contributed by atoms with van der Waals surface area (Å²) in [5.41, 5.74) is 6.25. The molecule has 2 rings (SSSR count). The molecule has 1 aromatic carbocycles. The average molecular weight is 323 g/mol. The number of aryl methyl sites for hydroxylation is 1. The van der Waals surface area contributed by atoms with Crippen molar-refractivity contribution in [2.75, 3.05) is 5.73 Å². The fraction of sp³-hybridized carbons (Fsp3) is 0.250. The lowest BCUT2D eigenvalue weighted by Crippen LogP contribution is -3.00. The first-order chi connectivity index (χ1) is 10.1. The second-order valence-electron chi connectivity index (χ2n) is 4.58. The first-order valence-electron chi connectivity index (χ1n) is 6.82. The third-order valence-corrected chi connectivity index (χ3v) is 2.97. The molecule has 5 nitrogen and oxygen atoms in total. The highest BCUT2D eigenvalue weighted by Crippen LogP contribution is 2.15. The van der Waals surface area contributed by atoms with Gasteiger partial charge in [0.2, 0.25) is 0 Å². The second kappa shape index (κ2) is 8.24. The van der Waals surface area contributed by atoms with Crippen LogP contribution in [-0.4, -0.2) is 12.1 Å². The molecule has 1 aromatic heterocycles. The van der Waals surface area contributed by atoms with Crippen LogP contribution in [0.15, 0.2) is 48.7 Å². The average Bonchev–Trinajstić information content (AvgIpc) is 2.50. The van der Waals surface area contributed by atoms with Crippen LogP contribution in [0.25, 0.3) is 0 Å². The molecule has 0 aliphatic carbocycles. The zero-order valence-corrected chi connectivity index (χ0v) is 13.3. The van der Waals surface area contributed by atoms with Crippen molar-refractivity contribution >= 4 is 11.7 Å². The number of rotatable bonds is 5. The Balaban J connectivity index is 0.00000242. The first kappa shape index (κ1) is 17.8. The normalized spacial score (nSPS) is 11.2. The molecule has 0 amide bonds. The summed E-state index contributed by atoms with van der Waals surface area (Å²) in [5, 5.41) is 0. The molecular formula is C16H19ClN2O3. The summed E-state index contributed by atoms with van der Waals surface area (Å²) in [6.07, 6.45) is 1.15. The van der Waals surface area contributed by atoms with Gasteiger partial charge in [-0.2, -0.15) is 4.57 Å². The largest absolute Gasteiger partial charge is 1.00 e. The molecule has 2 N–H and O–H groups in total. The van der Waals surface area contributed by atoms with E-state index < -0.39 is 12.1 Å².